The first kappa shape index (κ1) is 14.8. The molecule has 2 nitrogen and oxygen atoms in total. The van der Waals surface area contributed by atoms with Crippen molar-refractivity contribution in [1.29, 1.82) is 0 Å². The van der Waals surface area contributed by atoms with Crippen molar-refractivity contribution in [3.8, 4) is 0 Å². The highest BCUT2D eigenvalue weighted by Crippen LogP contribution is 2.36. The summed E-state index contributed by atoms with van der Waals surface area (Å²) in [6, 6.07) is 7.95. The van der Waals surface area contributed by atoms with Crippen LogP contribution in [0.15, 0.2) is 36.4 Å². The lowest BCUT2D eigenvalue weighted by atomic mass is 10.2. The summed E-state index contributed by atoms with van der Waals surface area (Å²) in [4.78, 5) is 0. The maximum Gasteiger partial charge on any atom is 0.416 e. The zero-order valence-electron chi connectivity index (χ0n) is 9.93. The molecule has 0 unspecified atom stereocenters. The van der Waals surface area contributed by atoms with E-state index < -0.39 is 11.7 Å². The van der Waals surface area contributed by atoms with Gasteiger partial charge in [-0.15, -0.1) is 0 Å². The van der Waals surface area contributed by atoms with E-state index in [0.717, 1.165) is 12.1 Å². The standard InChI is InChI=1S/C13H9Cl2F3N2/c14-8-2-1-3-11(12(8)19)20-10-5-4-7(6-9(10)15)13(16,17)18/h1-6,20H,19H2. The third kappa shape index (κ3) is 3.11. The summed E-state index contributed by atoms with van der Waals surface area (Å²) in [5.74, 6) is 0. The van der Waals surface area contributed by atoms with Crippen molar-refractivity contribution >= 4 is 40.3 Å². The third-order valence-electron chi connectivity index (χ3n) is 2.62. The van der Waals surface area contributed by atoms with Crippen molar-refractivity contribution in [1.82, 2.24) is 0 Å². The second kappa shape index (κ2) is 5.42. The summed E-state index contributed by atoms with van der Waals surface area (Å²) in [6.07, 6.45) is -4.43. The van der Waals surface area contributed by atoms with Gasteiger partial charge in [-0.05, 0) is 30.3 Å². The van der Waals surface area contributed by atoms with E-state index in [4.69, 9.17) is 28.9 Å². The Hall–Kier alpha value is -1.59. The first-order valence-electron chi connectivity index (χ1n) is 5.47. The highest BCUT2D eigenvalue weighted by Gasteiger charge is 2.30. The number of alkyl halides is 3. The van der Waals surface area contributed by atoms with Crippen molar-refractivity contribution in [2.75, 3.05) is 11.1 Å². The summed E-state index contributed by atoms with van der Waals surface area (Å²) in [6.45, 7) is 0. The van der Waals surface area contributed by atoms with Gasteiger partial charge in [0, 0.05) is 0 Å². The van der Waals surface area contributed by atoms with Gasteiger partial charge in [-0.3, -0.25) is 0 Å². The highest BCUT2D eigenvalue weighted by atomic mass is 35.5. The minimum atomic E-state index is -4.43. The van der Waals surface area contributed by atoms with E-state index in [1.807, 2.05) is 0 Å². The zero-order chi connectivity index (χ0) is 14.9. The topological polar surface area (TPSA) is 38.0 Å². The number of hydrogen-bond acceptors (Lipinski definition) is 2. The van der Waals surface area contributed by atoms with Crippen LogP contribution in [-0.2, 0) is 6.18 Å². The molecular weight excluding hydrogens is 312 g/mol. The molecule has 0 aliphatic heterocycles. The van der Waals surface area contributed by atoms with Gasteiger partial charge in [0.1, 0.15) is 0 Å². The zero-order valence-corrected chi connectivity index (χ0v) is 11.4. The van der Waals surface area contributed by atoms with Gasteiger partial charge in [0.15, 0.2) is 0 Å². The average Bonchev–Trinajstić information content (AvgIpc) is 2.36. The number of anilines is 3. The number of nitrogens with two attached hydrogens (primary N) is 1. The smallest absolute Gasteiger partial charge is 0.396 e. The Morgan fingerprint density at radius 2 is 1.65 bits per heavy atom. The molecule has 7 heteroatoms. The number of para-hydroxylation sites is 1. The molecule has 0 fully saturated rings. The number of halogens is 5. The second-order valence-corrected chi connectivity index (χ2v) is 4.83. The fourth-order valence-electron chi connectivity index (χ4n) is 1.58. The lowest BCUT2D eigenvalue weighted by Crippen LogP contribution is -2.05. The largest absolute Gasteiger partial charge is 0.416 e. The Balaban J connectivity index is 2.33. The van der Waals surface area contributed by atoms with Crippen molar-refractivity contribution < 1.29 is 13.2 Å². The predicted molar refractivity (Wildman–Crippen MR) is 75.6 cm³/mol. The van der Waals surface area contributed by atoms with Gasteiger partial charge in [-0.2, -0.15) is 13.2 Å². The lowest BCUT2D eigenvalue weighted by molar-refractivity contribution is -0.137. The molecule has 0 bridgehead atoms. The second-order valence-electron chi connectivity index (χ2n) is 4.02. The fourth-order valence-corrected chi connectivity index (χ4v) is 1.99. The van der Waals surface area contributed by atoms with Crippen LogP contribution in [0.25, 0.3) is 0 Å². The number of nitrogens with one attached hydrogen (secondary N) is 1. The third-order valence-corrected chi connectivity index (χ3v) is 3.26. The summed E-state index contributed by atoms with van der Waals surface area (Å²) >= 11 is 11.7. The van der Waals surface area contributed by atoms with Crippen molar-refractivity contribution in [2.45, 2.75) is 6.18 Å². The molecule has 2 aromatic carbocycles. The van der Waals surface area contributed by atoms with Crippen LogP contribution in [0.1, 0.15) is 5.56 Å². The average molecular weight is 321 g/mol. The van der Waals surface area contributed by atoms with Crippen LogP contribution < -0.4 is 11.1 Å². The minimum absolute atomic E-state index is 0.0563. The van der Waals surface area contributed by atoms with Gasteiger partial charge in [-0.1, -0.05) is 29.3 Å². The molecule has 20 heavy (non-hydrogen) atoms. The van der Waals surface area contributed by atoms with Crippen LogP contribution in [0.4, 0.5) is 30.2 Å². The molecule has 0 spiro atoms. The summed E-state index contributed by atoms with van der Waals surface area (Å²) in [5, 5.41) is 3.14. The Kier molecular flexibility index (Phi) is 4.01. The first-order valence-corrected chi connectivity index (χ1v) is 6.22. The van der Waals surface area contributed by atoms with Crippen LogP contribution in [0.3, 0.4) is 0 Å². The van der Waals surface area contributed by atoms with E-state index in [0.29, 0.717) is 22.1 Å². The normalized spacial score (nSPS) is 11.4. The predicted octanol–water partition coefficient (Wildman–Crippen LogP) is 5.34. The molecule has 0 aliphatic carbocycles. The maximum absolute atomic E-state index is 12.5. The fraction of sp³-hybridized carbons (Fsp3) is 0.0769. The molecular formula is C13H9Cl2F3N2. The Bertz CT molecular complexity index is 642. The monoisotopic (exact) mass is 320 g/mol. The van der Waals surface area contributed by atoms with Crippen LogP contribution >= 0.6 is 23.2 Å². The van der Waals surface area contributed by atoms with Gasteiger partial charge in [-0.25, -0.2) is 0 Å². The molecule has 0 radical (unpaired) electrons. The summed E-state index contributed by atoms with van der Waals surface area (Å²) in [7, 11) is 0. The number of rotatable bonds is 2. The van der Waals surface area contributed by atoms with E-state index in [1.165, 1.54) is 6.07 Å². The molecule has 106 valence electrons. The highest BCUT2D eigenvalue weighted by molar-refractivity contribution is 6.34. The van der Waals surface area contributed by atoms with Crippen molar-refractivity contribution in [3.63, 3.8) is 0 Å². The summed E-state index contributed by atoms with van der Waals surface area (Å²) in [5.41, 5.74) is 6.03. The van der Waals surface area contributed by atoms with E-state index in [2.05, 4.69) is 5.32 Å². The van der Waals surface area contributed by atoms with E-state index in [9.17, 15) is 13.2 Å². The molecule has 0 atom stereocenters. The van der Waals surface area contributed by atoms with E-state index in [1.54, 1.807) is 18.2 Å². The number of hydrogen-bond donors (Lipinski definition) is 2. The van der Waals surface area contributed by atoms with Crippen molar-refractivity contribution in [2.24, 2.45) is 0 Å². The van der Waals surface area contributed by atoms with Gasteiger partial charge >= 0.3 is 6.18 Å². The van der Waals surface area contributed by atoms with E-state index in [-0.39, 0.29) is 5.02 Å². The molecule has 0 heterocycles. The van der Waals surface area contributed by atoms with Gasteiger partial charge < -0.3 is 11.1 Å². The molecule has 0 aliphatic rings. The molecule has 0 saturated heterocycles. The van der Waals surface area contributed by atoms with Crippen LogP contribution in [0.5, 0.6) is 0 Å². The SMILES string of the molecule is Nc1c(Cl)cccc1Nc1ccc(C(F)(F)F)cc1Cl. The molecule has 2 rings (SSSR count). The molecule has 0 amide bonds. The molecule has 3 N–H and O–H groups in total. The quantitative estimate of drug-likeness (QED) is 0.733. The van der Waals surface area contributed by atoms with Gasteiger partial charge in [0.25, 0.3) is 0 Å². The van der Waals surface area contributed by atoms with Crippen LogP contribution in [0.2, 0.25) is 10.0 Å². The maximum atomic E-state index is 12.5. The Labute approximate surface area is 123 Å². The molecule has 0 aromatic heterocycles. The minimum Gasteiger partial charge on any atom is -0.396 e. The lowest BCUT2D eigenvalue weighted by Gasteiger charge is -2.13. The Morgan fingerprint density at radius 1 is 0.950 bits per heavy atom. The summed E-state index contributed by atoms with van der Waals surface area (Å²) < 4.78 is 37.6. The van der Waals surface area contributed by atoms with Gasteiger partial charge in [0.05, 0.1) is 32.7 Å². The van der Waals surface area contributed by atoms with Gasteiger partial charge in [0.2, 0.25) is 0 Å². The van der Waals surface area contributed by atoms with Crippen LogP contribution in [-0.4, -0.2) is 0 Å². The molecule has 0 saturated carbocycles. The first-order chi connectivity index (χ1) is 9.29. The Morgan fingerprint density at radius 3 is 2.25 bits per heavy atom. The van der Waals surface area contributed by atoms with Crippen molar-refractivity contribution in [3.05, 3.63) is 52.0 Å². The number of benzene rings is 2. The number of nitrogen functional groups attached to an aromatic ring is 1. The van der Waals surface area contributed by atoms with E-state index >= 15 is 0 Å². The molecule has 2 aromatic rings. The van der Waals surface area contributed by atoms with Crippen LogP contribution in [0, 0.1) is 0 Å².